The molecule has 1 N–H and O–H groups in total. The van der Waals surface area contributed by atoms with E-state index in [-0.39, 0.29) is 5.41 Å². The van der Waals surface area contributed by atoms with Gasteiger partial charge in [-0.15, -0.1) is 11.3 Å². The second kappa shape index (κ2) is 5.38. The molecule has 2 aromatic rings. The van der Waals surface area contributed by atoms with Crippen molar-refractivity contribution in [1.82, 2.24) is 9.97 Å². The van der Waals surface area contributed by atoms with Crippen molar-refractivity contribution in [2.75, 3.05) is 11.9 Å². The summed E-state index contributed by atoms with van der Waals surface area (Å²) in [4.78, 5) is 10.8. The van der Waals surface area contributed by atoms with Crippen LogP contribution in [0.2, 0.25) is 5.28 Å². The minimum absolute atomic E-state index is 0.0881. The van der Waals surface area contributed by atoms with Gasteiger partial charge >= 0.3 is 0 Å². The van der Waals surface area contributed by atoms with Crippen LogP contribution in [-0.2, 0) is 4.74 Å². The molecule has 2 unspecified atom stereocenters. The number of rotatable bonds is 4. The molecular weight excluding hydrogens is 306 g/mol. The lowest BCUT2D eigenvalue weighted by Gasteiger charge is -2.51. The Balaban J connectivity index is 1.86. The van der Waals surface area contributed by atoms with Crippen LogP contribution in [-0.4, -0.2) is 28.7 Å². The molecule has 1 aliphatic carbocycles. The van der Waals surface area contributed by atoms with Crippen LogP contribution in [0.5, 0.6) is 0 Å². The Morgan fingerprint density at radius 1 is 1.48 bits per heavy atom. The Morgan fingerprint density at radius 2 is 2.24 bits per heavy atom. The van der Waals surface area contributed by atoms with Crippen LogP contribution in [0, 0.1) is 12.3 Å². The van der Waals surface area contributed by atoms with Crippen molar-refractivity contribution < 1.29 is 4.74 Å². The summed E-state index contributed by atoms with van der Waals surface area (Å²) in [7, 11) is 0. The van der Waals surface area contributed by atoms with Crippen molar-refractivity contribution in [2.45, 2.75) is 46.3 Å². The standard InChI is InChI=1S/C15H20ClN3OS/c1-5-20-11-7-10(15(11,3)4)17-12-9-6-8(2)21-13(9)19-14(16)18-12/h6,10-11H,5,7H2,1-4H3,(H,17,18,19). The number of halogens is 1. The Morgan fingerprint density at radius 3 is 2.90 bits per heavy atom. The molecule has 0 aliphatic heterocycles. The van der Waals surface area contributed by atoms with Gasteiger partial charge in [0.25, 0.3) is 0 Å². The van der Waals surface area contributed by atoms with Gasteiger partial charge in [-0.3, -0.25) is 0 Å². The normalized spacial score (nSPS) is 24.0. The van der Waals surface area contributed by atoms with Gasteiger partial charge in [0.2, 0.25) is 5.28 Å². The number of nitrogens with zero attached hydrogens (tertiary/aromatic N) is 2. The highest BCUT2D eigenvalue weighted by Gasteiger charge is 2.49. The van der Waals surface area contributed by atoms with Gasteiger partial charge in [-0.1, -0.05) is 13.8 Å². The molecule has 0 bridgehead atoms. The molecule has 0 saturated heterocycles. The first kappa shape index (κ1) is 15.0. The first-order valence-corrected chi connectivity index (χ1v) is 8.43. The summed E-state index contributed by atoms with van der Waals surface area (Å²) in [6.07, 6.45) is 1.30. The lowest BCUT2D eigenvalue weighted by Crippen LogP contribution is -2.58. The van der Waals surface area contributed by atoms with E-state index in [0.717, 1.165) is 29.1 Å². The van der Waals surface area contributed by atoms with Crippen LogP contribution >= 0.6 is 22.9 Å². The molecule has 114 valence electrons. The summed E-state index contributed by atoms with van der Waals surface area (Å²) >= 11 is 7.69. The number of thiophene rings is 1. The van der Waals surface area contributed by atoms with E-state index in [1.54, 1.807) is 11.3 Å². The number of anilines is 1. The van der Waals surface area contributed by atoms with E-state index in [2.05, 4.69) is 42.1 Å². The van der Waals surface area contributed by atoms with Gasteiger partial charge in [-0.2, -0.15) is 0 Å². The smallest absolute Gasteiger partial charge is 0.225 e. The molecule has 0 amide bonds. The molecule has 0 radical (unpaired) electrons. The summed E-state index contributed by atoms with van der Waals surface area (Å²) in [5, 5.41) is 4.90. The lowest BCUT2D eigenvalue weighted by molar-refractivity contribution is -0.0976. The molecular formula is C15H20ClN3OS. The third-order valence-electron chi connectivity index (χ3n) is 4.35. The molecule has 2 atom stereocenters. The molecule has 1 aliphatic rings. The molecule has 3 rings (SSSR count). The first-order valence-electron chi connectivity index (χ1n) is 7.23. The average molecular weight is 326 g/mol. The quantitative estimate of drug-likeness (QED) is 0.853. The molecule has 2 heterocycles. The van der Waals surface area contributed by atoms with Crippen LogP contribution in [0.4, 0.5) is 5.82 Å². The van der Waals surface area contributed by atoms with Crippen molar-refractivity contribution in [3.05, 3.63) is 16.2 Å². The van der Waals surface area contributed by atoms with Crippen LogP contribution in [0.25, 0.3) is 10.2 Å². The molecule has 6 heteroatoms. The van der Waals surface area contributed by atoms with Gasteiger partial charge in [0.15, 0.2) is 0 Å². The van der Waals surface area contributed by atoms with Gasteiger partial charge in [0.1, 0.15) is 10.6 Å². The van der Waals surface area contributed by atoms with Crippen molar-refractivity contribution in [2.24, 2.45) is 5.41 Å². The second-order valence-corrected chi connectivity index (χ2v) is 7.69. The molecule has 1 saturated carbocycles. The fourth-order valence-electron chi connectivity index (χ4n) is 2.91. The number of nitrogens with one attached hydrogen (secondary N) is 1. The number of fused-ring (bicyclic) bond motifs is 1. The largest absolute Gasteiger partial charge is 0.378 e. The Kier molecular flexibility index (Phi) is 3.84. The molecule has 2 aromatic heterocycles. The van der Waals surface area contributed by atoms with Crippen molar-refractivity contribution in [3.63, 3.8) is 0 Å². The van der Waals surface area contributed by atoms with Gasteiger partial charge in [0, 0.05) is 22.9 Å². The number of aromatic nitrogens is 2. The number of hydrogen-bond acceptors (Lipinski definition) is 5. The predicted molar refractivity (Wildman–Crippen MR) is 88.4 cm³/mol. The SMILES string of the molecule is CCOC1CC(Nc2nc(Cl)nc3sc(C)cc23)C1(C)C. The average Bonchev–Trinajstić information content (AvgIpc) is 2.77. The number of hydrogen-bond donors (Lipinski definition) is 1. The molecule has 1 fully saturated rings. The third-order valence-corrected chi connectivity index (χ3v) is 5.46. The van der Waals surface area contributed by atoms with E-state index in [4.69, 9.17) is 16.3 Å². The lowest BCUT2D eigenvalue weighted by atomic mass is 9.64. The van der Waals surface area contributed by atoms with E-state index >= 15 is 0 Å². The zero-order valence-electron chi connectivity index (χ0n) is 12.7. The summed E-state index contributed by atoms with van der Waals surface area (Å²) in [5.74, 6) is 0.836. The van der Waals surface area contributed by atoms with E-state index < -0.39 is 0 Å². The predicted octanol–water partition coefficient (Wildman–Crippen LogP) is 4.27. The van der Waals surface area contributed by atoms with Crippen molar-refractivity contribution in [3.8, 4) is 0 Å². The van der Waals surface area contributed by atoms with Gasteiger partial charge in [0.05, 0.1) is 11.5 Å². The van der Waals surface area contributed by atoms with E-state index in [0.29, 0.717) is 17.4 Å². The Bertz CT molecular complexity index is 670. The molecule has 21 heavy (non-hydrogen) atoms. The van der Waals surface area contributed by atoms with E-state index in [1.165, 1.54) is 4.88 Å². The fourth-order valence-corrected chi connectivity index (χ4v) is 4.00. The Hall–Kier alpha value is -0.910. The number of aryl methyl sites for hydroxylation is 1. The minimum Gasteiger partial charge on any atom is -0.378 e. The maximum Gasteiger partial charge on any atom is 0.225 e. The van der Waals surface area contributed by atoms with Gasteiger partial charge < -0.3 is 10.1 Å². The van der Waals surface area contributed by atoms with Gasteiger partial charge in [-0.25, -0.2) is 9.97 Å². The second-order valence-electron chi connectivity index (χ2n) is 6.12. The highest BCUT2D eigenvalue weighted by molar-refractivity contribution is 7.18. The zero-order valence-corrected chi connectivity index (χ0v) is 14.3. The van der Waals surface area contributed by atoms with E-state index in [1.807, 2.05) is 6.92 Å². The Labute approximate surface area is 133 Å². The number of ether oxygens (including phenoxy) is 1. The molecule has 0 spiro atoms. The minimum atomic E-state index is 0.0881. The highest BCUT2D eigenvalue weighted by Crippen LogP contribution is 2.45. The summed E-state index contributed by atoms with van der Waals surface area (Å²) in [6, 6.07) is 2.45. The van der Waals surface area contributed by atoms with Crippen LogP contribution in [0.15, 0.2) is 6.07 Å². The summed E-state index contributed by atoms with van der Waals surface area (Å²) in [5.41, 5.74) is 0.0881. The molecule has 0 aromatic carbocycles. The third kappa shape index (κ3) is 2.62. The highest BCUT2D eigenvalue weighted by atomic mass is 35.5. The maximum absolute atomic E-state index is 6.05. The monoisotopic (exact) mass is 325 g/mol. The fraction of sp³-hybridized carbons (Fsp3) is 0.600. The first-order chi connectivity index (χ1) is 9.91. The summed E-state index contributed by atoms with van der Waals surface area (Å²) < 4.78 is 5.78. The van der Waals surface area contributed by atoms with E-state index in [9.17, 15) is 0 Å². The van der Waals surface area contributed by atoms with Crippen LogP contribution in [0.1, 0.15) is 32.1 Å². The van der Waals surface area contributed by atoms with Gasteiger partial charge in [-0.05, 0) is 37.9 Å². The van der Waals surface area contributed by atoms with Crippen molar-refractivity contribution in [1.29, 1.82) is 0 Å². The van der Waals surface area contributed by atoms with Crippen LogP contribution < -0.4 is 5.32 Å². The topological polar surface area (TPSA) is 47.0 Å². The van der Waals surface area contributed by atoms with Crippen LogP contribution in [0.3, 0.4) is 0 Å². The van der Waals surface area contributed by atoms with Crippen molar-refractivity contribution >= 4 is 39.0 Å². The summed E-state index contributed by atoms with van der Waals surface area (Å²) in [6.45, 7) is 9.33. The zero-order chi connectivity index (χ0) is 15.2. The maximum atomic E-state index is 6.05. The molecule has 4 nitrogen and oxygen atoms in total.